The van der Waals surface area contributed by atoms with Crippen molar-refractivity contribution in [3.8, 4) is 0 Å². The topological polar surface area (TPSA) is 26.5 Å². The smallest absolute Gasteiger partial charge is 0.271 e. The van der Waals surface area contributed by atoms with E-state index in [9.17, 15) is 5.11 Å². The van der Waals surface area contributed by atoms with Crippen molar-refractivity contribution < 1.29 is 9.68 Å². The predicted molar refractivity (Wildman–Crippen MR) is 102 cm³/mol. The molecule has 0 bridgehead atoms. The first kappa shape index (κ1) is 16.3. The van der Waals surface area contributed by atoms with Crippen LogP contribution in [-0.2, 0) is 5.72 Å². The molecular weight excluding hydrogens is 308 g/mol. The second-order valence-corrected chi connectivity index (χ2v) is 7.51. The van der Waals surface area contributed by atoms with Crippen LogP contribution in [0.25, 0.3) is 0 Å². The quantitative estimate of drug-likeness (QED) is 0.843. The highest BCUT2D eigenvalue weighted by Crippen LogP contribution is 2.37. The van der Waals surface area contributed by atoms with Gasteiger partial charge in [-0.05, 0) is 50.8 Å². The number of aryl methyl sites for hydroxylation is 2. The third-order valence-corrected chi connectivity index (χ3v) is 5.86. The molecule has 3 heteroatoms. The van der Waals surface area contributed by atoms with Gasteiger partial charge in [-0.1, -0.05) is 42.0 Å². The van der Waals surface area contributed by atoms with Gasteiger partial charge in [0.25, 0.3) is 11.6 Å². The molecule has 2 aromatic carbocycles. The van der Waals surface area contributed by atoms with Crippen molar-refractivity contribution in [1.29, 1.82) is 0 Å². The number of rotatable bonds is 2. The van der Waals surface area contributed by atoms with E-state index in [-0.39, 0.29) is 0 Å². The van der Waals surface area contributed by atoms with Gasteiger partial charge in [0, 0.05) is 12.0 Å². The van der Waals surface area contributed by atoms with E-state index in [1.165, 1.54) is 34.6 Å². The van der Waals surface area contributed by atoms with E-state index >= 15 is 0 Å². The zero-order chi connectivity index (χ0) is 17.6. The molecule has 0 radical (unpaired) electrons. The summed E-state index contributed by atoms with van der Waals surface area (Å²) in [5.74, 6) is 1.27. The summed E-state index contributed by atoms with van der Waals surface area (Å²) in [5, 5.41) is 11.7. The lowest BCUT2D eigenvalue weighted by Crippen LogP contribution is -2.41. The van der Waals surface area contributed by atoms with Crippen molar-refractivity contribution in [2.75, 3.05) is 18.0 Å². The molecule has 25 heavy (non-hydrogen) atoms. The SMILES string of the molecule is Cc1ccc([C@@]2(O)CN(c3cccc(C)c3C)C3=[N+]2CCCC3)cc1. The third kappa shape index (κ3) is 2.58. The molecule has 2 aromatic rings. The summed E-state index contributed by atoms with van der Waals surface area (Å²) in [4.78, 5) is 2.35. The summed E-state index contributed by atoms with van der Waals surface area (Å²) in [6, 6.07) is 14.8. The molecule has 2 aliphatic heterocycles. The summed E-state index contributed by atoms with van der Waals surface area (Å²) in [6.45, 7) is 7.94. The minimum Gasteiger partial charge on any atom is -0.346 e. The van der Waals surface area contributed by atoms with Crippen molar-refractivity contribution in [3.05, 3.63) is 64.7 Å². The molecule has 0 amide bonds. The summed E-state index contributed by atoms with van der Waals surface area (Å²) in [5.41, 5.74) is 5.09. The third-order valence-electron chi connectivity index (χ3n) is 5.86. The van der Waals surface area contributed by atoms with Gasteiger partial charge < -0.3 is 5.11 Å². The van der Waals surface area contributed by atoms with Crippen LogP contribution in [0.3, 0.4) is 0 Å². The Balaban J connectivity index is 1.83. The molecule has 2 heterocycles. The largest absolute Gasteiger partial charge is 0.346 e. The van der Waals surface area contributed by atoms with E-state index in [2.05, 4.69) is 72.7 Å². The fraction of sp³-hybridized carbons (Fsp3) is 0.409. The predicted octanol–water partition coefficient (Wildman–Crippen LogP) is 3.87. The lowest BCUT2D eigenvalue weighted by atomic mass is 10.00. The van der Waals surface area contributed by atoms with Gasteiger partial charge in [-0.3, -0.25) is 0 Å². The molecule has 0 aliphatic carbocycles. The minimum atomic E-state index is -0.945. The normalized spacial score (nSPS) is 23.1. The van der Waals surface area contributed by atoms with Crippen LogP contribution in [0.2, 0.25) is 0 Å². The van der Waals surface area contributed by atoms with Gasteiger partial charge in [0.2, 0.25) is 0 Å². The van der Waals surface area contributed by atoms with Crippen molar-refractivity contribution >= 4 is 11.5 Å². The monoisotopic (exact) mass is 335 g/mol. The molecule has 0 unspecified atom stereocenters. The van der Waals surface area contributed by atoms with Crippen LogP contribution in [0.1, 0.15) is 41.5 Å². The Hall–Kier alpha value is -2.13. The first-order valence-electron chi connectivity index (χ1n) is 9.27. The zero-order valence-corrected chi connectivity index (χ0v) is 15.4. The summed E-state index contributed by atoms with van der Waals surface area (Å²) in [7, 11) is 0. The first-order chi connectivity index (χ1) is 12.0. The lowest BCUT2D eigenvalue weighted by Gasteiger charge is -2.24. The molecule has 4 rings (SSSR count). The van der Waals surface area contributed by atoms with E-state index < -0.39 is 5.72 Å². The van der Waals surface area contributed by atoms with Crippen molar-refractivity contribution in [2.24, 2.45) is 0 Å². The summed E-state index contributed by atoms with van der Waals surface area (Å²) >= 11 is 0. The zero-order valence-electron chi connectivity index (χ0n) is 15.4. The van der Waals surface area contributed by atoms with Gasteiger partial charge in [-0.15, -0.1) is 0 Å². The van der Waals surface area contributed by atoms with Crippen LogP contribution in [-0.4, -0.2) is 28.6 Å². The van der Waals surface area contributed by atoms with Gasteiger partial charge >= 0.3 is 0 Å². The molecule has 0 fully saturated rings. The number of amidine groups is 1. The number of nitrogens with zero attached hydrogens (tertiary/aromatic N) is 2. The maximum atomic E-state index is 11.7. The number of anilines is 1. The van der Waals surface area contributed by atoms with Crippen LogP contribution in [0.4, 0.5) is 5.69 Å². The average Bonchev–Trinajstić information content (AvgIpc) is 2.92. The molecule has 3 nitrogen and oxygen atoms in total. The molecular formula is C22H27N2O+. The maximum Gasteiger partial charge on any atom is 0.271 e. The Morgan fingerprint density at radius 3 is 2.52 bits per heavy atom. The fourth-order valence-electron chi connectivity index (χ4n) is 4.21. The van der Waals surface area contributed by atoms with Crippen LogP contribution >= 0.6 is 0 Å². The number of benzene rings is 2. The Kier molecular flexibility index (Phi) is 3.92. The van der Waals surface area contributed by atoms with Gasteiger partial charge in [-0.2, -0.15) is 0 Å². The number of hydrogen-bond donors (Lipinski definition) is 1. The lowest BCUT2D eigenvalue weighted by molar-refractivity contribution is -0.661. The van der Waals surface area contributed by atoms with E-state index in [1.54, 1.807) is 0 Å². The second-order valence-electron chi connectivity index (χ2n) is 7.51. The fourth-order valence-corrected chi connectivity index (χ4v) is 4.21. The Bertz CT molecular complexity index is 838. The Labute approximate surface area is 150 Å². The highest BCUT2D eigenvalue weighted by molar-refractivity contribution is 5.96. The Morgan fingerprint density at radius 2 is 1.76 bits per heavy atom. The number of aliphatic hydroxyl groups is 1. The van der Waals surface area contributed by atoms with Crippen LogP contribution in [0.5, 0.6) is 0 Å². The van der Waals surface area contributed by atoms with E-state index in [0.717, 1.165) is 24.9 Å². The molecule has 130 valence electrons. The van der Waals surface area contributed by atoms with Crippen LogP contribution in [0.15, 0.2) is 42.5 Å². The molecule has 2 aliphatic rings. The van der Waals surface area contributed by atoms with E-state index in [0.29, 0.717) is 6.54 Å². The number of β-amino-alcohol motifs (C(OH)–C–C–N with tert-alkyl or cyclic N) is 1. The van der Waals surface area contributed by atoms with E-state index in [4.69, 9.17) is 0 Å². The Morgan fingerprint density at radius 1 is 1.00 bits per heavy atom. The van der Waals surface area contributed by atoms with E-state index in [1.807, 2.05) is 0 Å². The highest BCUT2D eigenvalue weighted by atomic mass is 16.3. The van der Waals surface area contributed by atoms with Gasteiger partial charge in [-0.25, -0.2) is 9.48 Å². The minimum absolute atomic E-state index is 0.593. The van der Waals surface area contributed by atoms with Crippen molar-refractivity contribution in [1.82, 2.24) is 0 Å². The van der Waals surface area contributed by atoms with Crippen LogP contribution in [0, 0.1) is 20.8 Å². The van der Waals surface area contributed by atoms with Crippen LogP contribution < -0.4 is 4.90 Å². The molecule has 1 N–H and O–H groups in total. The first-order valence-corrected chi connectivity index (χ1v) is 9.27. The van der Waals surface area contributed by atoms with Crippen molar-refractivity contribution in [3.63, 3.8) is 0 Å². The highest BCUT2D eigenvalue weighted by Gasteiger charge is 2.52. The molecule has 1 atom stereocenters. The molecule has 0 aromatic heterocycles. The molecule has 0 saturated heterocycles. The number of hydrogen-bond acceptors (Lipinski definition) is 2. The second kappa shape index (κ2) is 5.99. The molecule has 0 saturated carbocycles. The van der Waals surface area contributed by atoms with Gasteiger partial charge in [0.1, 0.15) is 5.69 Å². The maximum absolute atomic E-state index is 11.7. The average molecular weight is 335 g/mol. The van der Waals surface area contributed by atoms with Gasteiger partial charge in [0.15, 0.2) is 6.54 Å². The molecule has 0 spiro atoms. The summed E-state index contributed by atoms with van der Waals surface area (Å²) in [6.07, 6.45) is 3.36. The summed E-state index contributed by atoms with van der Waals surface area (Å²) < 4.78 is 2.24. The van der Waals surface area contributed by atoms with Gasteiger partial charge in [0.05, 0.1) is 6.54 Å². The standard InChI is InChI=1S/C22H27N2O/c1-16-10-12-19(13-11-16)22(25)15-23(21-9-4-5-14-24(21)22)20-8-6-7-17(2)18(20)3/h6-8,10-13,25H,4-5,9,14-15H2,1-3H3/q+1/t22-/m0/s1. The van der Waals surface area contributed by atoms with Crippen molar-refractivity contribution in [2.45, 2.75) is 45.8 Å².